The number of benzene rings is 2. The quantitative estimate of drug-likeness (QED) is 0.422. The highest BCUT2D eigenvalue weighted by Gasteiger charge is 2.25. The Hall–Kier alpha value is -4.01. The van der Waals surface area contributed by atoms with Crippen LogP contribution in [0.2, 0.25) is 0 Å². The van der Waals surface area contributed by atoms with Gasteiger partial charge in [0.25, 0.3) is 0 Å². The third-order valence-electron chi connectivity index (χ3n) is 3.78. The lowest BCUT2D eigenvalue weighted by Crippen LogP contribution is -2.08. The zero-order valence-corrected chi connectivity index (χ0v) is 16.2. The average Bonchev–Trinajstić information content (AvgIpc) is 3.03. The van der Waals surface area contributed by atoms with Crippen LogP contribution in [0.1, 0.15) is 25.0 Å². The standard InChI is InChI=1S/C21H16FNO7/c1-11(24)28-18-10-13(9-17(27-3)19(18)29-12(2)25)8-16-21(26)30-20(23-16)14-4-6-15(22)7-5-14/h4-10H,1-3H3/b16-8-. The van der Waals surface area contributed by atoms with Crippen molar-refractivity contribution in [1.29, 1.82) is 0 Å². The number of carbonyl (C=O) groups excluding carboxylic acids is 3. The van der Waals surface area contributed by atoms with E-state index in [1.54, 1.807) is 0 Å². The molecule has 0 N–H and O–H groups in total. The normalized spacial score (nSPS) is 14.2. The number of aliphatic imine (C=N–C) groups is 1. The van der Waals surface area contributed by atoms with E-state index in [1.807, 2.05) is 0 Å². The summed E-state index contributed by atoms with van der Waals surface area (Å²) in [7, 11) is 1.34. The summed E-state index contributed by atoms with van der Waals surface area (Å²) < 4.78 is 33.6. The molecule has 0 fully saturated rings. The fraction of sp³-hybridized carbons (Fsp3) is 0.143. The summed E-state index contributed by atoms with van der Waals surface area (Å²) in [4.78, 5) is 39.2. The van der Waals surface area contributed by atoms with E-state index in [2.05, 4.69) is 4.99 Å². The number of hydrogen-bond acceptors (Lipinski definition) is 8. The molecule has 1 aliphatic rings. The molecule has 2 aromatic carbocycles. The van der Waals surface area contributed by atoms with Gasteiger partial charge in [0, 0.05) is 19.4 Å². The van der Waals surface area contributed by atoms with Crippen molar-refractivity contribution in [3.8, 4) is 17.2 Å². The molecule has 0 bridgehead atoms. The summed E-state index contributed by atoms with van der Waals surface area (Å²) in [5.74, 6) is -2.46. The molecule has 0 aliphatic carbocycles. The number of rotatable bonds is 5. The smallest absolute Gasteiger partial charge is 0.363 e. The molecule has 154 valence electrons. The summed E-state index contributed by atoms with van der Waals surface area (Å²) in [6, 6.07) is 8.15. The number of hydrogen-bond donors (Lipinski definition) is 0. The predicted molar refractivity (Wildman–Crippen MR) is 103 cm³/mol. The van der Waals surface area contributed by atoms with Crippen molar-refractivity contribution in [2.45, 2.75) is 13.8 Å². The molecule has 9 heteroatoms. The second-order valence-corrected chi connectivity index (χ2v) is 6.08. The van der Waals surface area contributed by atoms with E-state index in [0.29, 0.717) is 11.1 Å². The lowest BCUT2D eigenvalue weighted by molar-refractivity contribution is -0.134. The molecule has 2 aromatic rings. The maximum atomic E-state index is 13.1. The van der Waals surface area contributed by atoms with Gasteiger partial charge in [-0.05, 0) is 48.0 Å². The van der Waals surface area contributed by atoms with Crippen molar-refractivity contribution < 1.29 is 37.7 Å². The zero-order valence-electron chi connectivity index (χ0n) is 16.2. The van der Waals surface area contributed by atoms with Gasteiger partial charge in [-0.25, -0.2) is 14.2 Å². The molecule has 0 saturated heterocycles. The Morgan fingerprint density at radius 3 is 2.27 bits per heavy atom. The molecule has 0 unspecified atom stereocenters. The molecular weight excluding hydrogens is 397 g/mol. The number of cyclic esters (lactones) is 1. The van der Waals surface area contributed by atoms with Crippen molar-refractivity contribution in [1.82, 2.24) is 0 Å². The third kappa shape index (κ3) is 4.69. The highest BCUT2D eigenvalue weighted by Crippen LogP contribution is 2.40. The maximum Gasteiger partial charge on any atom is 0.363 e. The monoisotopic (exact) mass is 413 g/mol. The molecule has 0 amide bonds. The first-order valence-corrected chi connectivity index (χ1v) is 8.64. The van der Waals surface area contributed by atoms with Crippen LogP contribution in [0.5, 0.6) is 17.2 Å². The molecule has 0 spiro atoms. The van der Waals surface area contributed by atoms with Gasteiger partial charge in [0.1, 0.15) is 5.82 Å². The van der Waals surface area contributed by atoms with Gasteiger partial charge in [-0.1, -0.05) is 0 Å². The zero-order chi connectivity index (χ0) is 21.8. The summed E-state index contributed by atoms with van der Waals surface area (Å²) in [5.41, 5.74) is 0.761. The van der Waals surface area contributed by atoms with Crippen LogP contribution in [0.3, 0.4) is 0 Å². The van der Waals surface area contributed by atoms with E-state index in [-0.39, 0.29) is 28.8 Å². The third-order valence-corrected chi connectivity index (χ3v) is 3.78. The van der Waals surface area contributed by atoms with Crippen LogP contribution in [0.15, 0.2) is 47.1 Å². The largest absolute Gasteiger partial charge is 0.493 e. The number of halogens is 1. The van der Waals surface area contributed by atoms with E-state index in [4.69, 9.17) is 18.9 Å². The first-order chi connectivity index (χ1) is 14.3. The van der Waals surface area contributed by atoms with Crippen molar-refractivity contribution in [3.63, 3.8) is 0 Å². The van der Waals surface area contributed by atoms with Gasteiger partial charge in [0.2, 0.25) is 11.6 Å². The molecule has 0 atom stereocenters. The minimum Gasteiger partial charge on any atom is -0.493 e. The molecule has 0 saturated carbocycles. The second kappa shape index (κ2) is 8.56. The Bertz CT molecular complexity index is 1090. The Morgan fingerprint density at radius 2 is 1.67 bits per heavy atom. The highest BCUT2D eigenvalue weighted by atomic mass is 19.1. The Kier molecular flexibility index (Phi) is 5.91. The summed E-state index contributed by atoms with van der Waals surface area (Å²) in [6.45, 7) is 2.37. The number of esters is 3. The minimum atomic E-state index is -0.716. The SMILES string of the molecule is COc1cc(/C=C2\N=C(c3ccc(F)cc3)OC2=O)cc(OC(C)=O)c1OC(C)=O. The van der Waals surface area contributed by atoms with Gasteiger partial charge in [-0.2, -0.15) is 0 Å². The van der Waals surface area contributed by atoms with E-state index < -0.39 is 23.7 Å². The number of ether oxygens (including phenoxy) is 4. The highest BCUT2D eigenvalue weighted by molar-refractivity contribution is 6.12. The number of nitrogens with zero attached hydrogens (tertiary/aromatic N) is 1. The van der Waals surface area contributed by atoms with E-state index in [0.717, 1.165) is 0 Å². The van der Waals surface area contributed by atoms with Crippen molar-refractivity contribution in [2.24, 2.45) is 4.99 Å². The molecule has 1 aliphatic heterocycles. The van der Waals surface area contributed by atoms with E-state index in [1.165, 1.54) is 63.4 Å². The first kappa shape index (κ1) is 20.7. The molecule has 0 aromatic heterocycles. The van der Waals surface area contributed by atoms with Gasteiger partial charge in [-0.15, -0.1) is 0 Å². The molecule has 0 radical (unpaired) electrons. The van der Waals surface area contributed by atoms with Crippen LogP contribution in [0, 0.1) is 5.82 Å². The van der Waals surface area contributed by atoms with Gasteiger partial charge < -0.3 is 18.9 Å². The maximum absolute atomic E-state index is 13.1. The van der Waals surface area contributed by atoms with Gasteiger partial charge in [0.15, 0.2) is 17.2 Å². The predicted octanol–water partition coefficient (Wildman–Crippen LogP) is 3.03. The van der Waals surface area contributed by atoms with Crippen LogP contribution < -0.4 is 14.2 Å². The van der Waals surface area contributed by atoms with Crippen LogP contribution in [-0.4, -0.2) is 30.9 Å². The van der Waals surface area contributed by atoms with Crippen molar-refractivity contribution >= 4 is 29.9 Å². The van der Waals surface area contributed by atoms with Gasteiger partial charge >= 0.3 is 17.9 Å². The lowest BCUT2D eigenvalue weighted by atomic mass is 10.1. The second-order valence-electron chi connectivity index (χ2n) is 6.08. The number of methoxy groups -OCH3 is 1. The Morgan fingerprint density at radius 1 is 1.03 bits per heavy atom. The van der Waals surface area contributed by atoms with Crippen LogP contribution in [0.25, 0.3) is 6.08 Å². The summed E-state index contributed by atoms with van der Waals surface area (Å²) in [5, 5.41) is 0. The van der Waals surface area contributed by atoms with Crippen LogP contribution in [0.4, 0.5) is 4.39 Å². The average molecular weight is 413 g/mol. The fourth-order valence-corrected chi connectivity index (χ4v) is 2.59. The molecule has 1 heterocycles. The molecular formula is C21H16FNO7. The number of carbonyl (C=O) groups is 3. The van der Waals surface area contributed by atoms with Gasteiger partial charge in [-0.3, -0.25) is 9.59 Å². The van der Waals surface area contributed by atoms with Crippen molar-refractivity contribution in [2.75, 3.05) is 7.11 Å². The lowest BCUT2D eigenvalue weighted by Gasteiger charge is -2.13. The van der Waals surface area contributed by atoms with Gasteiger partial charge in [0.05, 0.1) is 7.11 Å². The molecule has 8 nitrogen and oxygen atoms in total. The van der Waals surface area contributed by atoms with E-state index in [9.17, 15) is 18.8 Å². The van der Waals surface area contributed by atoms with E-state index >= 15 is 0 Å². The Balaban J connectivity index is 2.03. The molecule has 3 rings (SSSR count). The summed E-state index contributed by atoms with van der Waals surface area (Å²) >= 11 is 0. The first-order valence-electron chi connectivity index (χ1n) is 8.64. The topological polar surface area (TPSA) is 100 Å². The fourth-order valence-electron chi connectivity index (χ4n) is 2.59. The van der Waals surface area contributed by atoms with Crippen LogP contribution >= 0.6 is 0 Å². The Labute approximate surface area is 170 Å². The summed E-state index contributed by atoms with van der Waals surface area (Å²) in [6.07, 6.45) is 1.38. The van der Waals surface area contributed by atoms with Crippen LogP contribution in [-0.2, 0) is 19.1 Å². The minimum absolute atomic E-state index is 0.0231. The van der Waals surface area contributed by atoms with Crippen molar-refractivity contribution in [3.05, 3.63) is 59.0 Å². The molecule has 30 heavy (non-hydrogen) atoms.